The number of halogens is 1. The molecule has 1 atom stereocenters. The molecule has 0 saturated heterocycles. The van der Waals surface area contributed by atoms with Gasteiger partial charge >= 0.3 is 0 Å². The van der Waals surface area contributed by atoms with Crippen molar-refractivity contribution < 1.29 is 13.2 Å². The summed E-state index contributed by atoms with van der Waals surface area (Å²) in [6.07, 6.45) is 0.323. The highest BCUT2D eigenvalue weighted by Gasteiger charge is 2.42. The van der Waals surface area contributed by atoms with E-state index in [0.717, 1.165) is 11.1 Å². The molecule has 1 aliphatic heterocycles. The SMILES string of the molecule is O=C(NCc1ccccc1)C1Cc2ccccc2N1S(=O)(=O)c1ccc(Cl)cc1. The van der Waals surface area contributed by atoms with Crippen LogP contribution in [0.4, 0.5) is 5.69 Å². The minimum atomic E-state index is -3.93. The van der Waals surface area contributed by atoms with Crippen LogP contribution in [-0.4, -0.2) is 20.4 Å². The summed E-state index contributed by atoms with van der Waals surface area (Å²) in [5, 5.41) is 3.32. The van der Waals surface area contributed by atoms with E-state index < -0.39 is 16.1 Å². The lowest BCUT2D eigenvalue weighted by Crippen LogP contribution is -2.47. The van der Waals surface area contributed by atoms with Gasteiger partial charge in [0.2, 0.25) is 5.91 Å². The van der Waals surface area contributed by atoms with Crippen molar-refractivity contribution in [2.75, 3.05) is 4.31 Å². The molecule has 7 heteroatoms. The van der Waals surface area contributed by atoms with Gasteiger partial charge < -0.3 is 5.32 Å². The monoisotopic (exact) mass is 426 g/mol. The van der Waals surface area contributed by atoms with Gasteiger partial charge in [-0.3, -0.25) is 9.10 Å². The number of carbonyl (C=O) groups excluding carboxylic acids is 1. The first-order chi connectivity index (χ1) is 14.0. The third kappa shape index (κ3) is 3.86. The van der Waals surface area contributed by atoms with Gasteiger partial charge in [0.05, 0.1) is 10.6 Å². The Labute approximate surface area is 175 Å². The van der Waals surface area contributed by atoms with Crippen molar-refractivity contribution in [3.63, 3.8) is 0 Å². The van der Waals surface area contributed by atoms with Crippen LogP contribution in [0.3, 0.4) is 0 Å². The first-order valence-electron chi connectivity index (χ1n) is 9.16. The number of para-hydroxylation sites is 1. The van der Waals surface area contributed by atoms with Gasteiger partial charge in [0, 0.05) is 18.0 Å². The second-order valence-electron chi connectivity index (χ2n) is 6.81. The van der Waals surface area contributed by atoms with E-state index in [1.54, 1.807) is 12.1 Å². The number of hydrogen-bond acceptors (Lipinski definition) is 3. The quantitative estimate of drug-likeness (QED) is 0.675. The molecule has 0 fully saturated rings. The second kappa shape index (κ2) is 7.89. The summed E-state index contributed by atoms with van der Waals surface area (Å²) >= 11 is 5.91. The number of carbonyl (C=O) groups is 1. The number of rotatable bonds is 5. The van der Waals surface area contributed by atoms with E-state index in [-0.39, 0.29) is 10.8 Å². The molecule has 0 saturated carbocycles. The lowest BCUT2D eigenvalue weighted by Gasteiger charge is -2.26. The van der Waals surface area contributed by atoms with Crippen LogP contribution in [0.2, 0.25) is 5.02 Å². The Hall–Kier alpha value is -2.83. The molecule has 1 unspecified atom stereocenters. The number of nitrogens with zero attached hydrogens (tertiary/aromatic N) is 1. The first kappa shape index (κ1) is 19.5. The summed E-state index contributed by atoms with van der Waals surface area (Å²) in [6.45, 7) is 0.335. The molecule has 0 spiro atoms. The Morgan fingerprint density at radius 2 is 1.62 bits per heavy atom. The fourth-order valence-corrected chi connectivity index (χ4v) is 5.25. The minimum absolute atomic E-state index is 0.0967. The maximum atomic E-state index is 13.4. The van der Waals surface area contributed by atoms with E-state index in [1.807, 2.05) is 42.5 Å². The molecular formula is C22H19ClN2O3S. The zero-order valence-electron chi connectivity index (χ0n) is 15.5. The summed E-state index contributed by atoms with van der Waals surface area (Å²) in [6, 6.07) is 21.8. The topological polar surface area (TPSA) is 66.5 Å². The Morgan fingerprint density at radius 1 is 0.966 bits per heavy atom. The molecule has 0 radical (unpaired) electrons. The van der Waals surface area contributed by atoms with Crippen molar-refractivity contribution in [1.82, 2.24) is 5.32 Å². The standard InChI is InChI=1S/C22H19ClN2O3S/c23-18-10-12-19(13-11-18)29(27,28)25-20-9-5-4-8-17(20)14-21(25)22(26)24-15-16-6-2-1-3-7-16/h1-13,21H,14-15H2,(H,24,26). The zero-order valence-corrected chi connectivity index (χ0v) is 17.0. The summed E-state index contributed by atoms with van der Waals surface area (Å²) < 4.78 is 28.0. The smallest absolute Gasteiger partial charge is 0.265 e. The number of sulfonamides is 1. The van der Waals surface area contributed by atoms with Gasteiger partial charge in [-0.05, 0) is 41.5 Å². The van der Waals surface area contributed by atoms with Crippen molar-refractivity contribution in [3.8, 4) is 0 Å². The fraction of sp³-hybridized carbons (Fsp3) is 0.136. The van der Waals surface area contributed by atoms with Gasteiger partial charge in [0.1, 0.15) is 6.04 Å². The Bertz CT molecular complexity index is 1130. The fourth-order valence-electron chi connectivity index (χ4n) is 3.48. The summed E-state index contributed by atoms with van der Waals surface area (Å²) in [7, 11) is -3.93. The molecule has 1 aliphatic rings. The Morgan fingerprint density at radius 3 is 2.34 bits per heavy atom. The molecule has 0 aromatic heterocycles. The minimum Gasteiger partial charge on any atom is -0.350 e. The van der Waals surface area contributed by atoms with Crippen molar-refractivity contribution in [1.29, 1.82) is 0 Å². The Kier molecular flexibility index (Phi) is 5.30. The van der Waals surface area contributed by atoms with E-state index >= 15 is 0 Å². The highest BCUT2D eigenvalue weighted by Crippen LogP contribution is 2.37. The molecule has 3 aromatic rings. The first-order valence-corrected chi connectivity index (χ1v) is 11.0. The number of fused-ring (bicyclic) bond motifs is 1. The molecule has 5 nitrogen and oxygen atoms in total. The van der Waals surface area contributed by atoms with Crippen molar-refractivity contribution >= 4 is 33.2 Å². The zero-order chi connectivity index (χ0) is 20.4. The predicted molar refractivity (Wildman–Crippen MR) is 113 cm³/mol. The van der Waals surface area contributed by atoms with Gasteiger partial charge in [0.15, 0.2) is 0 Å². The Balaban J connectivity index is 1.66. The summed E-state index contributed by atoms with van der Waals surface area (Å²) in [4.78, 5) is 13.1. The molecule has 148 valence electrons. The molecular weight excluding hydrogens is 408 g/mol. The average molecular weight is 427 g/mol. The third-order valence-corrected chi connectivity index (χ3v) is 7.00. The number of hydrogen-bond donors (Lipinski definition) is 1. The van der Waals surface area contributed by atoms with Crippen molar-refractivity contribution in [3.05, 3.63) is 95.0 Å². The average Bonchev–Trinajstić information content (AvgIpc) is 3.13. The van der Waals surface area contributed by atoms with Crippen LogP contribution in [-0.2, 0) is 27.8 Å². The van der Waals surface area contributed by atoms with Crippen LogP contribution in [0.5, 0.6) is 0 Å². The van der Waals surface area contributed by atoms with Crippen molar-refractivity contribution in [2.45, 2.75) is 23.9 Å². The molecule has 1 N–H and O–H groups in total. The van der Waals surface area contributed by atoms with E-state index in [9.17, 15) is 13.2 Å². The number of anilines is 1. The summed E-state index contributed by atoms with van der Waals surface area (Å²) in [5.74, 6) is -0.331. The number of benzene rings is 3. The highest BCUT2D eigenvalue weighted by atomic mass is 35.5. The van der Waals surface area contributed by atoms with Crippen LogP contribution in [0, 0.1) is 0 Å². The van der Waals surface area contributed by atoms with Crippen LogP contribution in [0.25, 0.3) is 0 Å². The normalized spacial score (nSPS) is 15.8. The highest BCUT2D eigenvalue weighted by molar-refractivity contribution is 7.93. The molecule has 1 amide bonds. The van der Waals surface area contributed by atoms with Gasteiger partial charge in [-0.2, -0.15) is 0 Å². The lowest BCUT2D eigenvalue weighted by atomic mass is 10.1. The molecule has 0 bridgehead atoms. The van der Waals surface area contributed by atoms with Gasteiger partial charge in [0.25, 0.3) is 10.0 Å². The largest absolute Gasteiger partial charge is 0.350 e. The maximum Gasteiger partial charge on any atom is 0.265 e. The second-order valence-corrected chi connectivity index (χ2v) is 9.06. The number of nitrogens with one attached hydrogen (secondary N) is 1. The van der Waals surface area contributed by atoms with Gasteiger partial charge in [-0.1, -0.05) is 60.1 Å². The van der Waals surface area contributed by atoms with E-state index in [1.165, 1.54) is 28.6 Å². The van der Waals surface area contributed by atoms with E-state index in [0.29, 0.717) is 23.7 Å². The molecule has 29 heavy (non-hydrogen) atoms. The van der Waals surface area contributed by atoms with Gasteiger partial charge in [-0.25, -0.2) is 8.42 Å². The number of amides is 1. The van der Waals surface area contributed by atoms with Crippen LogP contribution >= 0.6 is 11.6 Å². The molecule has 4 rings (SSSR count). The van der Waals surface area contributed by atoms with E-state index in [4.69, 9.17) is 11.6 Å². The van der Waals surface area contributed by atoms with Gasteiger partial charge in [-0.15, -0.1) is 0 Å². The molecule has 3 aromatic carbocycles. The van der Waals surface area contributed by atoms with Crippen LogP contribution < -0.4 is 9.62 Å². The van der Waals surface area contributed by atoms with Crippen molar-refractivity contribution in [2.24, 2.45) is 0 Å². The summed E-state index contributed by atoms with van der Waals surface area (Å²) in [5.41, 5.74) is 2.30. The lowest BCUT2D eigenvalue weighted by molar-refractivity contribution is -0.122. The predicted octanol–water partition coefficient (Wildman–Crippen LogP) is 3.78. The molecule has 0 aliphatic carbocycles. The van der Waals surface area contributed by atoms with E-state index in [2.05, 4.69) is 5.32 Å². The third-order valence-electron chi connectivity index (χ3n) is 4.91. The maximum absolute atomic E-state index is 13.4. The molecule has 1 heterocycles. The van der Waals surface area contributed by atoms with Crippen LogP contribution in [0.1, 0.15) is 11.1 Å². The van der Waals surface area contributed by atoms with Crippen LogP contribution in [0.15, 0.2) is 83.8 Å².